The lowest BCUT2D eigenvalue weighted by atomic mass is 9.92. The molecular formula is C19H24F3N3O2S. The maximum absolute atomic E-state index is 13.0. The van der Waals surface area contributed by atoms with Crippen LogP contribution in [0.4, 0.5) is 18.9 Å². The van der Waals surface area contributed by atoms with Crippen molar-refractivity contribution in [3.8, 4) is 0 Å². The minimum Gasteiger partial charge on any atom is -0.280 e. The van der Waals surface area contributed by atoms with Crippen molar-refractivity contribution in [2.45, 2.75) is 69.0 Å². The molecule has 1 aliphatic carbocycles. The lowest BCUT2D eigenvalue weighted by Gasteiger charge is -2.18. The van der Waals surface area contributed by atoms with Gasteiger partial charge in [-0.3, -0.25) is 9.40 Å². The number of rotatable bonds is 4. The number of hydrogen-bond acceptors (Lipinski definition) is 3. The normalized spacial score (nSPS) is 16.5. The summed E-state index contributed by atoms with van der Waals surface area (Å²) in [5.41, 5.74) is -1.19. The van der Waals surface area contributed by atoms with Gasteiger partial charge in [0.05, 0.1) is 17.3 Å². The van der Waals surface area contributed by atoms with Crippen molar-refractivity contribution in [2.24, 2.45) is 0 Å². The molecule has 3 rings (SSSR count). The number of nitrogens with one attached hydrogen (secondary N) is 1. The number of benzene rings is 1. The van der Waals surface area contributed by atoms with E-state index in [1.54, 1.807) is 4.68 Å². The molecule has 5 nitrogen and oxygen atoms in total. The lowest BCUT2D eigenvalue weighted by Crippen LogP contribution is -2.20. The molecule has 2 aromatic rings. The summed E-state index contributed by atoms with van der Waals surface area (Å²) in [6, 6.07) is 4.31. The number of alkyl halides is 3. The van der Waals surface area contributed by atoms with Crippen LogP contribution in [0.15, 0.2) is 35.4 Å². The second kappa shape index (κ2) is 7.09. The zero-order valence-electron chi connectivity index (χ0n) is 16.0. The molecule has 0 radical (unpaired) electrons. The van der Waals surface area contributed by atoms with Crippen molar-refractivity contribution < 1.29 is 21.6 Å². The number of nitrogens with zero attached hydrogens (tertiary/aromatic N) is 2. The molecule has 1 heterocycles. The summed E-state index contributed by atoms with van der Waals surface area (Å²) in [6.07, 6.45) is 0.968. The van der Waals surface area contributed by atoms with E-state index in [-0.39, 0.29) is 16.6 Å². The van der Waals surface area contributed by atoms with E-state index >= 15 is 0 Å². The average Bonchev–Trinajstić information content (AvgIpc) is 3.23. The molecule has 154 valence electrons. The molecule has 0 atom stereocenters. The molecule has 1 N–H and O–H groups in total. The number of sulfonamides is 1. The van der Waals surface area contributed by atoms with Gasteiger partial charge < -0.3 is 0 Å². The Morgan fingerprint density at radius 1 is 1.14 bits per heavy atom. The molecule has 1 saturated carbocycles. The summed E-state index contributed by atoms with van der Waals surface area (Å²) < 4.78 is 68.8. The zero-order valence-corrected chi connectivity index (χ0v) is 16.9. The first-order valence-electron chi connectivity index (χ1n) is 9.18. The first-order valence-corrected chi connectivity index (χ1v) is 10.7. The highest BCUT2D eigenvalue weighted by molar-refractivity contribution is 7.92. The van der Waals surface area contributed by atoms with Gasteiger partial charge in [0.15, 0.2) is 0 Å². The maximum atomic E-state index is 13.0. The van der Waals surface area contributed by atoms with Crippen LogP contribution in [0.25, 0.3) is 0 Å². The van der Waals surface area contributed by atoms with E-state index in [9.17, 15) is 21.6 Å². The molecule has 0 unspecified atom stereocenters. The third-order valence-corrected chi connectivity index (χ3v) is 6.22. The predicted molar refractivity (Wildman–Crippen MR) is 101 cm³/mol. The Morgan fingerprint density at radius 3 is 2.36 bits per heavy atom. The number of anilines is 1. The zero-order chi connectivity index (χ0) is 20.7. The van der Waals surface area contributed by atoms with Crippen LogP contribution in [-0.4, -0.2) is 18.2 Å². The lowest BCUT2D eigenvalue weighted by molar-refractivity contribution is -0.137. The van der Waals surface area contributed by atoms with Gasteiger partial charge in [-0.15, -0.1) is 0 Å². The van der Waals surface area contributed by atoms with E-state index in [0.29, 0.717) is 5.69 Å². The number of halogens is 3. The first kappa shape index (κ1) is 20.7. The van der Waals surface area contributed by atoms with Crippen LogP contribution < -0.4 is 4.72 Å². The Hall–Kier alpha value is -2.03. The monoisotopic (exact) mass is 415 g/mol. The van der Waals surface area contributed by atoms with Gasteiger partial charge in [0, 0.05) is 17.3 Å². The van der Waals surface area contributed by atoms with E-state index < -0.39 is 27.2 Å². The molecule has 0 bridgehead atoms. The van der Waals surface area contributed by atoms with E-state index in [1.807, 2.05) is 20.8 Å². The summed E-state index contributed by atoms with van der Waals surface area (Å²) in [5.74, 6) is 0. The smallest absolute Gasteiger partial charge is 0.280 e. The topological polar surface area (TPSA) is 64.0 Å². The van der Waals surface area contributed by atoms with Gasteiger partial charge in [0.2, 0.25) is 0 Å². The first-order chi connectivity index (χ1) is 12.9. The Morgan fingerprint density at radius 2 is 1.79 bits per heavy atom. The molecule has 1 aliphatic rings. The molecule has 0 saturated heterocycles. The van der Waals surface area contributed by atoms with Gasteiger partial charge in [-0.2, -0.15) is 18.3 Å². The molecule has 1 fully saturated rings. The fourth-order valence-electron chi connectivity index (χ4n) is 3.42. The predicted octanol–water partition coefficient (Wildman–Crippen LogP) is 5.12. The van der Waals surface area contributed by atoms with Crippen LogP contribution in [0.5, 0.6) is 0 Å². The Bertz CT molecular complexity index is 954. The van der Waals surface area contributed by atoms with Crippen LogP contribution in [-0.2, 0) is 21.6 Å². The highest BCUT2D eigenvalue weighted by Crippen LogP contribution is 2.35. The van der Waals surface area contributed by atoms with Gasteiger partial charge in [-0.1, -0.05) is 39.7 Å². The van der Waals surface area contributed by atoms with Crippen molar-refractivity contribution in [1.82, 2.24) is 9.78 Å². The van der Waals surface area contributed by atoms with E-state index in [1.165, 1.54) is 18.3 Å². The van der Waals surface area contributed by atoms with Crippen molar-refractivity contribution in [2.75, 3.05) is 4.72 Å². The Kier molecular flexibility index (Phi) is 5.24. The van der Waals surface area contributed by atoms with Crippen molar-refractivity contribution in [3.05, 3.63) is 41.7 Å². The minimum atomic E-state index is -4.55. The molecular weight excluding hydrogens is 391 g/mol. The highest BCUT2D eigenvalue weighted by atomic mass is 32.2. The summed E-state index contributed by atoms with van der Waals surface area (Å²) in [5, 5.41) is 4.55. The van der Waals surface area contributed by atoms with Crippen LogP contribution in [0.2, 0.25) is 0 Å². The minimum absolute atomic E-state index is 0.00399. The molecule has 9 heteroatoms. The summed E-state index contributed by atoms with van der Waals surface area (Å²) in [6.45, 7) is 5.58. The quantitative estimate of drug-likeness (QED) is 0.754. The Labute approximate surface area is 163 Å². The maximum Gasteiger partial charge on any atom is 0.416 e. The molecule has 28 heavy (non-hydrogen) atoms. The SMILES string of the molecule is CC(C)(C)c1nn(C2CCCC2)cc1S(=O)(=O)Nc1cccc(C(F)(F)F)c1. The summed E-state index contributed by atoms with van der Waals surface area (Å²) in [4.78, 5) is 0.00399. The summed E-state index contributed by atoms with van der Waals surface area (Å²) in [7, 11) is -4.10. The molecule has 0 spiro atoms. The van der Waals surface area contributed by atoms with Crippen LogP contribution in [0.1, 0.15) is 63.8 Å². The highest BCUT2D eigenvalue weighted by Gasteiger charge is 2.33. The summed E-state index contributed by atoms with van der Waals surface area (Å²) >= 11 is 0. The van der Waals surface area contributed by atoms with E-state index in [2.05, 4.69) is 9.82 Å². The molecule has 1 aromatic heterocycles. The van der Waals surface area contributed by atoms with Crippen LogP contribution in [0.3, 0.4) is 0 Å². The second-order valence-electron chi connectivity index (χ2n) is 8.19. The van der Waals surface area contributed by atoms with Crippen molar-refractivity contribution >= 4 is 15.7 Å². The van der Waals surface area contributed by atoms with Crippen LogP contribution in [0, 0.1) is 0 Å². The molecule has 1 aromatic carbocycles. The van der Waals surface area contributed by atoms with Gasteiger partial charge in [0.25, 0.3) is 10.0 Å². The fourth-order valence-corrected chi connectivity index (χ4v) is 4.81. The second-order valence-corrected chi connectivity index (χ2v) is 9.85. The Balaban J connectivity index is 1.99. The van der Waals surface area contributed by atoms with Crippen molar-refractivity contribution in [1.29, 1.82) is 0 Å². The fraction of sp³-hybridized carbons (Fsp3) is 0.526. The van der Waals surface area contributed by atoms with Gasteiger partial charge in [-0.25, -0.2) is 8.42 Å². The molecule has 0 aliphatic heterocycles. The third-order valence-electron chi connectivity index (χ3n) is 4.84. The van der Waals surface area contributed by atoms with Gasteiger partial charge in [-0.05, 0) is 31.0 Å². The van der Waals surface area contributed by atoms with Crippen molar-refractivity contribution in [3.63, 3.8) is 0 Å². The standard InChI is InChI=1S/C19H24F3N3O2S/c1-18(2,3)17-16(12-25(23-17)15-9-4-5-10-15)28(26,27)24-14-8-6-7-13(11-14)19(20,21)22/h6-8,11-12,15,24H,4-5,9-10H2,1-3H3. The largest absolute Gasteiger partial charge is 0.416 e. The van der Waals surface area contributed by atoms with E-state index in [4.69, 9.17) is 0 Å². The van der Waals surface area contributed by atoms with Crippen LogP contribution >= 0.6 is 0 Å². The average molecular weight is 415 g/mol. The third kappa shape index (κ3) is 4.34. The van der Waals surface area contributed by atoms with E-state index in [0.717, 1.165) is 37.8 Å². The van der Waals surface area contributed by atoms with Gasteiger partial charge >= 0.3 is 6.18 Å². The van der Waals surface area contributed by atoms with Gasteiger partial charge in [0.1, 0.15) is 4.90 Å². The number of aromatic nitrogens is 2. The number of hydrogen-bond donors (Lipinski definition) is 1. The molecule has 0 amide bonds.